The molecular weight excluding hydrogens is 611 g/mol. The van der Waals surface area contributed by atoms with Gasteiger partial charge in [-0.3, -0.25) is 9.59 Å². The lowest BCUT2D eigenvalue weighted by Gasteiger charge is -2.13. The van der Waals surface area contributed by atoms with E-state index in [2.05, 4.69) is 47.3 Å². The second-order valence-electron chi connectivity index (χ2n) is 7.78. The Hall–Kier alpha value is -3.57. The standard InChI is InChI=1S/C26H21Br2FN4O4/c1-3-23-32-21-9-4-16(27)12-19(21)26(35)33(23)30-13-15-10-20(28)25(22(11-15)36-2)37-14-24(34)31-18-7-5-17(29)6-8-18/h4-13H,3,14H2,1-2H3,(H,31,34). The minimum atomic E-state index is -0.423. The van der Waals surface area contributed by atoms with Gasteiger partial charge in [-0.1, -0.05) is 22.9 Å². The van der Waals surface area contributed by atoms with Crippen molar-refractivity contribution in [3.8, 4) is 11.5 Å². The molecule has 0 unspecified atom stereocenters. The maximum atomic E-state index is 13.1. The van der Waals surface area contributed by atoms with Crippen molar-refractivity contribution in [3.63, 3.8) is 0 Å². The van der Waals surface area contributed by atoms with Crippen molar-refractivity contribution < 1.29 is 18.7 Å². The normalized spacial score (nSPS) is 11.2. The number of halogens is 3. The minimum Gasteiger partial charge on any atom is -0.493 e. The fraction of sp³-hybridized carbons (Fsp3) is 0.154. The molecular formula is C26H21Br2FN4O4. The molecule has 8 nitrogen and oxygen atoms in total. The fourth-order valence-electron chi connectivity index (χ4n) is 3.49. The number of hydrogen-bond donors (Lipinski definition) is 1. The molecule has 190 valence electrons. The Morgan fingerprint density at radius 2 is 1.92 bits per heavy atom. The highest BCUT2D eigenvalue weighted by Gasteiger charge is 2.14. The zero-order valence-electron chi connectivity index (χ0n) is 19.8. The van der Waals surface area contributed by atoms with Gasteiger partial charge in [0.1, 0.15) is 11.6 Å². The van der Waals surface area contributed by atoms with Crippen LogP contribution in [0, 0.1) is 5.82 Å². The molecule has 0 saturated heterocycles. The van der Waals surface area contributed by atoms with Crippen LogP contribution < -0.4 is 20.3 Å². The summed E-state index contributed by atoms with van der Waals surface area (Å²) in [5.41, 5.74) is 1.39. The number of amides is 1. The Labute approximate surface area is 228 Å². The number of benzene rings is 3. The molecule has 0 spiro atoms. The van der Waals surface area contributed by atoms with Gasteiger partial charge in [0.15, 0.2) is 18.1 Å². The first-order chi connectivity index (χ1) is 17.8. The first-order valence-corrected chi connectivity index (χ1v) is 12.7. The molecule has 4 aromatic rings. The monoisotopic (exact) mass is 630 g/mol. The van der Waals surface area contributed by atoms with Crippen LogP contribution in [0.4, 0.5) is 10.1 Å². The molecule has 1 amide bonds. The summed E-state index contributed by atoms with van der Waals surface area (Å²) in [5.74, 6) is 0.376. The number of carbonyl (C=O) groups excluding carboxylic acids is 1. The van der Waals surface area contributed by atoms with E-state index in [9.17, 15) is 14.0 Å². The number of methoxy groups -OCH3 is 1. The summed E-state index contributed by atoms with van der Waals surface area (Å²) >= 11 is 6.84. The highest BCUT2D eigenvalue weighted by atomic mass is 79.9. The van der Waals surface area contributed by atoms with Crippen LogP contribution in [-0.4, -0.2) is 35.5 Å². The number of nitrogens with zero attached hydrogens (tertiary/aromatic N) is 3. The van der Waals surface area contributed by atoms with Crippen molar-refractivity contribution in [2.24, 2.45) is 5.10 Å². The van der Waals surface area contributed by atoms with Gasteiger partial charge in [0.25, 0.3) is 11.5 Å². The quantitative estimate of drug-likeness (QED) is 0.258. The van der Waals surface area contributed by atoms with Gasteiger partial charge < -0.3 is 14.8 Å². The van der Waals surface area contributed by atoms with Crippen LogP contribution in [0.2, 0.25) is 0 Å². The number of anilines is 1. The predicted octanol–water partition coefficient (Wildman–Crippen LogP) is 5.53. The highest BCUT2D eigenvalue weighted by molar-refractivity contribution is 9.10. The van der Waals surface area contributed by atoms with Gasteiger partial charge in [-0.15, -0.1) is 0 Å². The maximum absolute atomic E-state index is 13.1. The second-order valence-corrected chi connectivity index (χ2v) is 9.55. The van der Waals surface area contributed by atoms with E-state index in [1.54, 1.807) is 24.3 Å². The van der Waals surface area contributed by atoms with E-state index >= 15 is 0 Å². The molecule has 0 fully saturated rings. The zero-order chi connectivity index (χ0) is 26.5. The first-order valence-electron chi connectivity index (χ1n) is 11.1. The van der Waals surface area contributed by atoms with Crippen molar-refractivity contribution in [3.05, 3.63) is 91.1 Å². The van der Waals surface area contributed by atoms with E-state index in [0.717, 1.165) is 4.47 Å². The Balaban J connectivity index is 1.56. The van der Waals surface area contributed by atoms with Gasteiger partial charge in [0, 0.05) is 16.6 Å². The zero-order valence-corrected chi connectivity index (χ0v) is 23.0. The van der Waals surface area contributed by atoms with Crippen LogP contribution in [0.25, 0.3) is 10.9 Å². The van der Waals surface area contributed by atoms with E-state index < -0.39 is 11.7 Å². The number of aryl methyl sites for hydroxylation is 1. The summed E-state index contributed by atoms with van der Waals surface area (Å²) in [7, 11) is 1.47. The van der Waals surface area contributed by atoms with Crippen molar-refractivity contribution >= 4 is 60.6 Å². The molecule has 0 aliphatic heterocycles. The number of rotatable bonds is 8. The molecule has 1 heterocycles. The third kappa shape index (κ3) is 6.23. The van der Waals surface area contributed by atoms with E-state index in [4.69, 9.17) is 9.47 Å². The third-order valence-corrected chi connectivity index (χ3v) is 6.32. The second kappa shape index (κ2) is 11.7. The van der Waals surface area contributed by atoms with Gasteiger partial charge in [-0.2, -0.15) is 9.78 Å². The average Bonchev–Trinajstić information content (AvgIpc) is 2.88. The third-order valence-electron chi connectivity index (χ3n) is 5.24. The molecule has 0 saturated carbocycles. The largest absolute Gasteiger partial charge is 0.493 e. The molecule has 4 rings (SSSR count). The van der Waals surface area contributed by atoms with Gasteiger partial charge in [0.05, 0.1) is 28.7 Å². The maximum Gasteiger partial charge on any atom is 0.282 e. The van der Waals surface area contributed by atoms with Crippen molar-refractivity contribution in [2.75, 3.05) is 19.0 Å². The molecule has 0 aliphatic rings. The van der Waals surface area contributed by atoms with E-state index in [1.807, 2.05) is 13.0 Å². The van der Waals surface area contributed by atoms with Crippen molar-refractivity contribution in [2.45, 2.75) is 13.3 Å². The van der Waals surface area contributed by atoms with Gasteiger partial charge in [-0.25, -0.2) is 9.37 Å². The van der Waals surface area contributed by atoms with E-state index in [-0.39, 0.29) is 12.2 Å². The fourth-order valence-corrected chi connectivity index (χ4v) is 4.42. The highest BCUT2D eigenvalue weighted by Crippen LogP contribution is 2.36. The minimum absolute atomic E-state index is 0.280. The molecule has 1 aromatic heterocycles. The molecule has 3 aromatic carbocycles. The number of ether oxygens (including phenoxy) is 2. The predicted molar refractivity (Wildman–Crippen MR) is 147 cm³/mol. The van der Waals surface area contributed by atoms with Crippen molar-refractivity contribution in [1.82, 2.24) is 9.66 Å². The summed E-state index contributed by atoms with van der Waals surface area (Å²) in [5, 5.41) is 7.47. The van der Waals surface area contributed by atoms with E-state index in [0.29, 0.717) is 50.4 Å². The first kappa shape index (κ1) is 26.5. The number of nitrogens with one attached hydrogen (secondary N) is 1. The summed E-state index contributed by atoms with van der Waals surface area (Å²) in [4.78, 5) is 29.9. The van der Waals surface area contributed by atoms with Crippen LogP contribution in [0.3, 0.4) is 0 Å². The Bertz CT molecular complexity index is 1560. The summed E-state index contributed by atoms with van der Waals surface area (Å²) in [6.07, 6.45) is 2.03. The topological polar surface area (TPSA) is 94.8 Å². The summed E-state index contributed by atoms with van der Waals surface area (Å²) in [6, 6.07) is 14.1. The van der Waals surface area contributed by atoms with Crippen LogP contribution in [0.15, 0.2) is 73.4 Å². The molecule has 0 atom stereocenters. The van der Waals surface area contributed by atoms with Crippen molar-refractivity contribution in [1.29, 1.82) is 0 Å². The molecule has 1 N–H and O–H groups in total. The lowest BCUT2D eigenvalue weighted by Crippen LogP contribution is -2.22. The van der Waals surface area contributed by atoms with Gasteiger partial charge in [0.2, 0.25) is 0 Å². The molecule has 0 bridgehead atoms. The SMILES string of the molecule is CCc1nc2ccc(Br)cc2c(=O)n1N=Cc1cc(Br)c(OCC(=O)Nc2ccc(F)cc2)c(OC)c1. The van der Waals surface area contributed by atoms with Gasteiger partial charge in [-0.05, 0) is 76.1 Å². The number of fused-ring (bicyclic) bond motifs is 1. The molecule has 11 heteroatoms. The Kier molecular flexibility index (Phi) is 8.34. The Morgan fingerprint density at radius 3 is 2.62 bits per heavy atom. The lowest BCUT2D eigenvalue weighted by atomic mass is 10.2. The van der Waals surface area contributed by atoms with E-state index in [1.165, 1.54) is 42.3 Å². The summed E-state index contributed by atoms with van der Waals surface area (Å²) in [6.45, 7) is 1.60. The molecule has 37 heavy (non-hydrogen) atoms. The molecule has 0 aliphatic carbocycles. The van der Waals surface area contributed by atoms with Crippen LogP contribution in [0.5, 0.6) is 11.5 Å². The summed E-state index contributed by atoms with van der Waals surface area (Å²) < 4.78 is 26.7. The number of carbonyl (C=O) groups is 1. The van der Waals surface area contributed by atoms with Gasteiger partial charge >= 0.3 is 0 Å². The smallest absolute Gasteiger partial charge is 0.282 e. The van der Waals surface area contributed by atoms with Crippen LogP contribution >= 0.6 is 31.9 Å². The number of hydrogen-bond acceptors (Lipinski definition) is 6. The molecule has 0 radical (unpaired) electrons. The number of aromatic nitrogens is 2. The lowest BCUT2D eigenvalue weighted by molar-refractivity contribution is -0.118. The van der Waals surface area contributed by atoms with Crippen LogP contribution in [0.1, 0.15) is 18.3 Å². The Morgan fingerprint density at radius 1 is 1.16 bits per heavy atom. The average molecular weight is 632 g/mol. The van der Waals surface area contributed by atoms with Crippen LogP contribution in [-0.2, 0) is 11.2 Å².